The number of rotatable bonds is 5. The average molecular weight is 352 g/mol. The molecule has 122 valence electrons. The van der Waals surface area contributed by atoms with Gasteiger partial charge in [-0.05, 0) is 30.3 Å². The number of para-hydroxylation sites is 1. The molecule has 0 fully saturated rings. The van der Waals surface area contributed by atoms with Crippen molar-refractivity contribution in [3.05, 3.63) is 59.2 Å². The van der Waals surface area contributed by atoms with Crippen molar-refractivity contribution in [2.45, 2.75) is 0 Å². The molecule has 0 saturated heterocycles. The normalized spacial score (nSPS) is 9.83. The van der Waals surface area contributed by atoms with Gasteiger partial charge in [-0.1, -0.05) is 12.1 Å². The fourth-order valence-electron chi connectivity index (χ4n) is 2.39. The molecule has 1 N–H and O–H groups in total. The molecule has 0 aliphatic heterocycles. The van der Waals surface area contributed by atoms with Gasteiger partial charge in [0.25, 0.3) is 0 Å². The zero-order chi connectivity index (χ0) is 17.1. The van der Waals surface area contributed by atoms with Crippen molar-refractivity contribution in [3.63, 3.8) is 0 Å². The van der Waals surface area contributed by atoms with Gasteiger partial charge in [-0.15, -0.1) is 0 Å². The molecule has 0 aromatic heterocycles. The van der Waals surface area contributed by atoms with Crippen molar-refractivity contribution in [3.8, 4) is 0 Å². The molecule has 0 unspecified atom stereocenters. The summed E-state index contributed by atoms with van der Waals surface area (Å²) >= 11 is 0. The third kappa shape index (κ3) is 4.46. The molecule has 0 aliphatic carbocycles. The van der Waals surface area contributed by atoms with Crippen LogP contribution in [0.25, 0.3) is 0 Å². The molecule has 2 aromatic rings. The Labute approximate surface area is 184 Å². The Morgan fingerprint density at radius 1 is 0.833 bits per heavy atom. The molecule has 0 heterocycles. The summed E-state index contributed by atoms with van der Waals surface area (Å²) in [5, 5.41) is 9.46. The number of benzene rings is 2. The van der Waals surface area contributed by atoms with Crippen molar-refractivity contribution >= 4 is 74.5 Å². The van der Waals surface area contributed by atoms with Crippen molar-refractivity contribution in [2.24, 2.45) is 0 Å². The summed E-state index contributed by atoms with van der Waals surface area (Å²) in [4.78, 5) is 28.1. The van der Waals surface area contributed by atoms with E-state index in [2.05, 4.69) is 0 Å². The van der Waals surface area contributed by atoms with Crippen LogP contribution in [0.15, 0.2) is 42.5 Å². The molecule has 0 saturated carbocycles. The molecule has 5 nitrogen and oxygen atoms in total. The van der Waals surface area contributed by atoms with E-state index in [1.807, 2.05) is 45.2 Å². The number of nitrogens with zero attached hydrogens (tertiary/aromatic N) is 2. The second-order valence-electron chi connectivity index (χ2n) is 5.67. The first-order valence-electron chi connectivity index (χ1n) is 7.18. The summed E-state index contributed by atoms with van der Waals surface area (Å²) in [6, 6.07) is 12.0. The second kappa shape index (κ2) is 8.78. The Morgan fingerprint density at radius 2 is 1.46 bits per heavy atom. The predicted octanol–water partition coefficient (Wildman–Crippen LogP) is 2.10. The van der Waals surface area contributed by atoms with Gasteiger partial charge in [0, 0.05) is 50.7 Å². The summed E-state index contributed by atoms with van der Waals surface area (Å²) in [6.45, 7) is 0. The number of hydrogen-bond acceptors (Lipinski definition) is 4. The third-order valence-electron chi connectivity index (χ3n) is 3.63. The van der Waals surface area contributed by atoms with Gasteiger partial charge in [-0.2, -0.15) is 0 Å². The molecule has 2 aromatic carbocycles. The molecular formula is C18H21KN2O3. The maximum atomic E-state index is 12.9. The van der Waals surface area contributed by atoms with E-state index in [-0.39, 0.29) is 68.3 Å². The zero-order valence-corrected chi connectivity index (χ0v) is 13.7. The summed E-state index contributed by atoms with van der Waals surface area (Å²) in [7, 11) is 7.34. The summed E-state index contributed by atoms with van der Waals surface area (Å²) in [6.07, 6.45) is 0. The van der Waals surface area contributed by atoms with Crippen LogP contribution in [0.4, 0.5) is 11.4 Å². The molecule has 0 atom stereocenters. The summed E-state index contributed by atoms with van der Waals surface area (Å²) in [5.74, 6) is -1.41. The molecule has 0 amide bonds. The van der Waals surface area contributed by atoms with Crippen LogP contribution in [0.5, 0.6) is 0 Å². The number of aromatic carboxylic acids is 1. The van der Waals surface area contributed by atoms with Gasteiger partial charge in [0.05, 0.1) is 5.56 Å². The monoisotopic (exact) mass is 352 g/mol. The van der Waals surface area contributed by atoms with Crippen LogP contribution < -0.4 is 9.80 Å². The van der Waals surface area contributed by atoms with E-state index in [4.69, 9.17) is 0 Å². The summed E-state index contributed by atoms with van der Waals surface area (Å²) < 4.78 is 0. The van der Waals surface area contributed by atoms with E-state index >= 15 is 0 Å². The van der Waals surface area contributed by atoms with Crippen molar-refractivity contribution < 1.29 is 14.7 Å². The molecule has 6 heteroatoms. The van der Waals surface area contributed by atoms with Crippen LogP contribution in [-0.2, 0) is 0 Å². The van der Waals surface area contributed by atoms with E-state index in [9.17, 15) is 14.7 Å². The van der Waals surface area contributed by atoms with E-state index in [1.165, 1.54) is 6.07 Å². The fraction of sp³-hybridized carbons (Fsp3) is 0.222. The number of carboxylic acids is 1. The van der Waals surface area contributed by atoms with E-state index < -0.39 is 5.97 Å². The van der Waals surface area contributed by atoms with Gasteiger partial charge in [0.1, 0.15) is 0 Å². The van der Waals surface area contributed by atoms with Gasteiger partial charge in [-0.3, -0.25) is 4.79 Å². The third-order valence-corrected chi connectivity index (χ3v) is 3.63. The van der Waals surface area contributed by atoms with Crippen molar-refractivity contribution in [1.29, 1.82) is 0 Å². The minimum absolute atomic E-state index is 0. The van der Waals surface area contributed by atoms with Gasteiger partial charge in [0.2, 0.25) is 0 Å². The Bertz CT molecular complexity index is 758. The first-order valence-corrected chi connectivity index (χ1v) is 7.18. The summed E-state index contributed by atoms with van der Waals surface area (Å²) in [5.41, 5.74) is 2.18. The van der Waals surface area contributed by atoms with Crippen LogP contribution in [0, 0.1) is 0 Å². The van der Waals surface area contributed by atoms with Crippen LogP contribution in [0.2, 0.25) is 0 Å². The van der Waals surface area contributed by atoms with Crippen LogP contribution in [0.3, 0.4) is 0 Å². The molecule has 0 aliphatic rings. The fourth-order valence-corrected chi connectivity index (χ4v) is 2.39. The average Bonchev–Trinajstić information content (AvgIpc) is 2.53. The van der Waals surface area contributed by atoms with Crippen molar-refractivity contribution in [1.82, 2.24) is 0 Å². The number of carboxylic acid groups (broad SMARTS) is 1. The van der Waals surface area contributed by atoms with E-state index in [1.54, 1.807) is 29.2 Å². The van der Waals surface area contributed by atoms with Gasteiger partial charge in [0.15, 0.2) is 5.78 Å². The minimum atomic E-state index is -1.11. The van der Waals surface area contributed by atoms with Gasteiger partial charge in [-0.25, -0.2) is 4.79 Å². The quantitative estimate of drug-likeness (QED) is 0.660. The molecule has 2 rings (SSSR count). The Morgan fingerprint density at radius 3 is 2.00 bits per heavy atom. The number of anilines is 2. The maximum absolute atomic E-state index is 12.9. The van der Waals surface area contributed by atoms with Crippen molar-refractivity contribution in [2.75, 3.05) is 38.0 Å². The SMILES string of the molecule is CN(C)c1ccc(C(=O)c2ccccc2N(C)C)c(C(=O)O)c1.[KH]. The van der Waals surface area contributed by atoms with Crippen LogP contribution in [0.1, 0.15) is 26.3 Å². The molecular weight excluding hydrogens is 331 g/mol. The first-order chi connectivity index (χ1) is 10.8. The standard InChI is InChI=1S/C18H20N2O3.K.H/c1-19(2)12-9-10-13(15(11-12)18(22)23)17(21)14-7-5-6-8-16(14)20(3)4;;/h5-11H,1-4H3,(H,22,23);;. The Balaban J connectivity index is 0.00000288. The van der Waals surface area contributed by atoms with Crippen LogP contribution >= 0.6 is 0 Å². The number of ketones is 1. The second-order valence-corrected chi connectivity index (χ2v) is 5.67. The molecule has 0 spiro atoms. The molecule has 0 bridgehead atoms. The number of carbonyl (C=O) groups excluding carboxylic acids is 1. The first kappa shape index (κ1) is 20.9. The topological polar surface area (TPSA) is 60.9 Å². The number of hydrogen-bond donors (Lipinski definition) is 1. The number of carbonyl (C=O) groups is 2. The Kier molecular flexibility index (Phi) is 7.63. The van der Waals surface area contributed by atoms with E-state index in [0.29, 0.717) is 5.56 Å². The predicted molar refractivity (Wildman–Crippen MR) is 99.1 cm³/mol. The van der Waals surface area contributed by atoms with Gasteiger partial charge < -0.3 is 14.9 Å². The molecule has 24 heavy (non-hydrogen) atoms. The van der Waals surface area contributed by atoms with Gasteiger partial charge >= 0.3 is 57.4 Å². The molecule has 0 radical (unpaired) electrons. The van der Waals surface area contributed by atoms with Crippen LogP contribution in [-0.4, -0.2) is 96.4 Å². The Hall–Kier alpha value is -1.18. The van der Waals surface area contributed by atoms with E-state index in [0.717, 1.165) is 11.4 Å². The zero-order valence-electron chi connectivity index (χ0n) is 13.7.